The summed E-state index contributed by atoms with van der Waals surface area (Å²) in [5.41, 5.74) is 8.77. The first-order chi connectivity index (χ1) is 10.2. The first-order valence-corrected chi connectivity index (χ1v) is 6.47. The van der Waals surface area contributed by atoms with Crippen LogP contribution in [-0.2, 0) is 6.54 Å². The van der Waals surface area contributed by atoms with E-state index in [1.807, 2.05) is 30.3 Å². The van der Waals surface area contributed by atoms with Crippen LogP contribution in [0.2, 0.25) is 0 Å². The van der Waals surface area contributed by atoms with Crippen molar-refractivity contribution in [3.63, 3.8) is 0 Å². The van der Waals surface area contributed by atoms with Crippen molar-refractivity contribution in [3.8, 4) is 0 Å². The van der Waals surface area contributed by atoms with Crippen LogP contribution in [0.1, 0.15) is 15.9 Å². The van der Waals surface area contributed by atoms with E-state index in [4.69, 9.17) is 15.3 Å². The van der Waals surface area contributed by atoms with Crippen molar-refractivity contribution in [1.82, 2.24) is 0 Å². The Balaban J connectivity index is 1.87. The molecule has 0 saturated carbocycles. The van der Waals surface area contributed by atoms with Crippen LogP contribution in [0.25, 0.3) is 11.0 Å². The second-order valence-electron chi connectivity index (χ2n) is 4.68. The normalized spacial score (nSPS) is 10.7. The maximum atomic E-state index is 11.1. The van der Waals surface area contributed by atoms with Crippen LogP contribution >= 0.6 is 0 Å². The average Bonchev–Trinajstić information content (AvgIpc) is 2.95. The number of furan rings is 1. The molecule has 0 fully saturated rings. The van der Waals surface area contributed by atoms with Gasteiger partial charge in [0.2, 0.25) is 0 Å². The van der Waals surface area contributed by atoms with Crippen molar-refractivity contribution in [3.05, 3.63) is 59.9 Å². The van der Waals surface area contributed by atoms with Gasteiger partial charge in [-0.2, -0.15) is 0 Å². The zero-order chi connectivity index (χ0) is 14.8. The number of nitrogens with one attached hydrogen (secondary N) is 1. The number of hydrogen-bond donors (Lipinski definition) is 3. The summed E-state index contributed by atoms with van der Waals surface area (Å²) in [6, 6.07) is 12.6. The molecule has 0 aliphatic rings. The van der Waals surface area contributed by atoms with Crippen LogP contribution in [-0.4, -0.2) is 11.1 Å². The second-order valence-corrected chi connectivity index (χ2v) is 4.68. The highest BCUT2D eigenvalue weighted by atomic mass is 16.4. The quantitative estimate of drug-likeness (QED) is 0.639. The smallest absolute Gasteiger partial charge is 0.337 e. The number of carboxylic acid groups (broad SMARTS) is 1. The fourth-order valence-electron chi connectivity index (χ4n) is 2.29. The Morgan fingerprint density at radius 1 is 1.19 bits per heavy atom. The van der Waals surface area contributed by atoms with Gasteiger partial charge in [-0.3, -0.25) is 0 Å². The molecule has 1 heterocycles. The van der Waals surface area contributed by atoms with Crippen molar-refractivity contribution in [2.45, 2.75) is 6.54 Å². The highest BCUT2D eigenvalue weighted by molar-refractivity contribution is 5.94. The van der Waals surface area contributed by atoms with Gasteiger partial charge >= 0.3 is 5.97 Å². The van der Waals surface area contributed by atoms with Gasteiger partial charge in [0.15, 0.2) is 0 Å². The molecule has 5 heteroatoms. The molecule has 106 valence electrons. The van der Waals surface area contributed by atoms with Gasteiger partial charge in [-0.05, 0) is 29.8 Å². The molecule has 0 aliphatic heterocycles. The summed E-state index contributed by atoms with van der Waals surface area (Å²) < 4.78 is 5.34. The molecule has 0 bridgehead atoms. The molecular weight excluding hydrogens is 268 g/mol. The molecule has 0 saturated heterocycles. The van der Waals surface area contributed by atoms with Gasteiger partial charge in [-0.15, -0.1) is 0 Å². The third kappa shape index (κ3) is 2.41. The predicted molar refractivity (Wildman–Crippen MR) is 81.4 cm³/mol. The van der Waals surface area contributed by atoms with E-state index in [0.717, 1.165) is 22.2 Å². The third-order valence-electron chi connectivity index (χ3n) is 3.39. The van der Waals surface area contributed by atoms with Gasteiger partial charge in [0.25, 0.3) is 0 Å². The number of nitrogen functional groups attached to an aromatic ring is 1. The number of nitrogens with two attached hydrogens (primary N) is 1. The van der Waals surface area contributed by atoms with E-state index in [9.17, 15) is 4.79 Å². The number of anilines is 2. The molecule has 3 aromatic rings. The molecule has 21 heavy (non-hydrogen) atoms. The number of benzene rings is 2. The third-order valence-corrected chi connectivity index (χ3v) is 3.39. The highest BCUT2D eigenvalue weighted by Crippen LogP contribution is 2.25. The van der Waals surface area contributed by atoms with E-state index < -0.39 is 5.97 Å². The summed E-state index contributed by atoms with van der Waals surface area (Å²) in [5.74, 6) is -1.02. The van der Waals surface area contributed by atoms with Gasteiger partial charge in [0.1, 0.15) is 5.58 Å². The van der Waals surface area contributed by atoms with Gasteiger partial charge in [-0.1, -0.05) is 18.2 Å². The standard InChI is InChI=1S/C16H14N2O3/c17-15-10(3-1-4-12(15)16(19)20)9-18-13-5-2-6-14-11(13)7-8-21-14/h1-8,18H,9,17H2,(H,19,20). The minimum atomic E-state index is -1.02. The van der Waals surface area contributed by atoms with E-state index >= 15 is 0 Å². The fraction of sp³-hybridized carbons (Fsp3) is 0.0625. The Bertz CT molecular complexity index is 808. The number of rotatable bonds is 4. The minimum absolute atomic E-state index is 0.121. The average molecular weight is 282 g/mol. The van der Waals surface area contributed by atoms with Gasteiger partial charge in [0, 0.05) is 17.6 Å². The molecule has 0 unspecified atom stereocenters. The molecule has 5 nitrogen and oxygen atoms in total. The Morgan fingerprint density at radius 3 is 2.81 bits per heavy atom. The molecule has 0 spiro atoms. The Kier molecular flexibility index (Phi) is 3.23. The Morgan fingerprint density at radius 2 is 2.00 bits per heavy atom. The predicted octanol–water partition coefficient (Wildman–Crippen LogP) is 3.33. The zero-order valence-electron chi connectivity index (χ0n) is 11.2. The van der Waals surface area contributed by atoms with Crippen molar-refractivity contribution in [1.29, 1.82) is 0 Å². The molecular formula is C16H14N2O3. The topological polar surface area (TPSA) is 88.5 Å². The molecule has 0 radical (unpaired) electrons. The number of hydrogen-bond acceptors (Lipinski definition) is 4. The molecule has 0 aliphatic carbocycles. The van der Waals surface area contributed by atoms with Crippen LogP contribution in [0.3, 0.4) is 0 Å². The largest absolute Gasteiger partial charge is 0.478 e. The van der Waals surface area contributed by atoms with E-state index in [2.05, 4.69) is 5.32 Å². The molecule has 4 N–H and O–H groups in total. The van der Waals surface area contributed by atoms with Crippen LogP contribution in [0, 0.1) is 0 Å². The Labute approximate surface area is 121 Å². The summed E-state index contributed by atoms with van der Waals surface area (Å²) in [6.07, 6.45) is 1.63. The lowest BCUT2D eigenvalue weighted by Crippen LogP contribution is -2.08. The van der Waals surface area contributed by atoms with Crippen molar-refractivity contribution >= 4 is 28.3 Å². The van der Waals surface area contributed by atoms with Crippen LogP contribution in [0.5, 0.6) is 0 Å². The van der Waals surface area contributed by atoms with Crippen molar-refractivity contribution < 1.29 is 14.3 Å². The minimum Gasteiger partial charge on any atom is -0.478 e. The molecule has 2 aromatic carbocycles. The van der Waals surface area contributed by atoms with E-state index in [0.29, 0.717) is 6.54 Å². The molecule has 0 amide bonds. The number of aromatic carboxylic acids is 1. The fourth-order valence-corrected chi connectivity index (χ4v) is 2.29. The first kappa shape index (κ1) is 13.1. The highest BCUT2D eigenvalue weighted by Gasteiger charge is 2.11. The number of para-hydroxylation sites is 1. The summed E-state index contributed by atoms with van der Waals surface area (Å²) in [6.45, 7) is 0.442. The van der Waals surface area contributed by atoms with Gasteiger partial charge in [0.05, 0.1) is 17.5 Å². The lowest BCUT2D eigenvalue weighted by molar-refractivity contribution is 0.0698. The molecule has 0 atom stereocenters. The summed E-state index contributed by atoms with van der Waals surface area (Å²) in [7, 11) is 0. The lowest BCUT2D eigenvalue weighted by Gasteiger charge is -2.11. The van der Waals surface area contributed by atoms with Crippen LogP contribution in [0.15, 0.2) is 53.1 Å². The van der Waals surface area contributed by atoms with Gasteiger partial charge < -0.3 is 20.6 Å². The molecule has 1 aromatic heterocycles. The maximum Gasteiger partial charge on any atom is 0.337 e. The van der Waals surface area contributed by atoms with E-state index in [-0.39, 0.29) is 11.3 Å². The van der Waals surface area contributed by atoms with Gasteiger partial charge in [-0.25, -0.2) is 4.79 Å². The summed E-state index contributed by atoms with van der Waals surface area (Å²) in [5, 5.41) is 13.3. The van der Waals surface area contributed by atoms with Crippen LogP contribution in [0.4, 0.5) is 11.4 Å². The molecule has 3 rings (SSSR count). The van der Waals surface area contributed by atoms with E-state index in [1.54, 1.807) is 12.3 Å². The number of fused-ring (bicyclic) bond motifs is 1. The maximum absolute atomic E-state index is 11.1. The van der Waals surface area contributed by atoms with Crippen LogP contribution < -0.4 is 11.1 Å². The number of carboxylic acids is 1. The lowest BCUT2D eigenvalue weighted by atomic mass is 10.1. The monoisotopic (exact) mass is 282 g/mol. The van der Waals surface area contributed by atoms with Crippen molar-refractivity contribution in [2.24, 2.45) is 0 Å². The Hall–Kier alpha value is -2.95. The summed E-state index contributed by atoms with van der Waals surface area (Å²) in [4.78, 5) is 11.1. The van der Waals surface area contributed by atoms with Crippen molar-refractivity contribution in [2.75, 3.05) is 11.1 Å². The second kappa shape index (κ2) is 5.20. The zero-order valence-corrected chi connectivity index (χ0v) is 11.2. The number of carbonyl (C=O) groups is 1. The van der Waals surface area contributed by atoms with E-state index in [1.165, 1.54) is 6.07 Å². The first-order valence-electron chi connectivity index (χ1n) is 6.47. The summed E-state index contributed by atoms with van der Waals surface area (Å²) >= 11 is 0. The SMILES string of the molecule is Nc1c(CNc2cccc3occc23)cccc1C(=O)O.